The van der Waals surface area contributed by atoms with Crippen LogP contribution in [0.2, 0.25) is 5.02 Å². The number of carbonyl (C=O) groups excluding carboxylic acids is 1. The molecule has 2 rings (SSSR count). The number of benzene rings is 1. The highest BCUT2D eigenvalue weighted by Crippen LogP contribution is 2.25. The molecule has 1 aliphatic heterocycles. The van der Waals surface area contributed by atoms with Gasteiger partial charge in [-0.2, -0.15) is 0 Å². The molecule has 0 amide bonds. The minimum absolute atomic E-state index is 0.0719. The molecule has 0 aliphatic carbocycles. The number of carbonyl (C=O) groups is 1. The van der Waals surface area contributed by atoms with Gasteiger partial charge in [0.15, 0.2) is 6.10 Å². The van der Waals surface area contributed by atoms with Crippen molar-refractivity contribution in [3.8, 4) is 0 Å². The highest BCUT2D eigenvalue weighted by molar-refractivity contribution is 6.31. The highest BCUT2D eigenvalue weighted by atomic mass is 35.5. The number of hydrogen-bond donors (Lipinski definition) is 1. The predicted molar refractivity (Wildman–Crippen MR) is 77.4 cm³/mol. The van der Waals surface area contributed by atoms with Crippen LogP contribution in [0.1, 0.15) is 18.4 Å². The Labute approximate surface area is 128 Å². The summed E-state index contributed by atoms with van der Waals surface area (Å²) in [5.74, 6) is -0.990. The maximum Gasteiger partial charge on any atom is 0.334 e. The van der Waals surface area contributed by atoms with Crippen LogP contribution in [0.25, 0.3) is 0 Å². The fraction of sp³-hybridized carbons (Fsp3) is 0.533. The fourth-order valence-corrected chi connectivity index (χ4v) is 2.86. The second-order valence-corrected chi connectivity index (χ2v) is 5.72. The van der Waals surface area contributed by atoms with Crippen LogP contribution in [0.15, 0.2) is 18.2 Å². The monoisotopic (exact) mass is 315 g/mol. The number of nitrogens with zero attached hydrogens (tertiary/aromatic N) is 1. The normalized spacial score (nSPS) is 18.5. The summed E-state index contributed by atoms with van der Waals surface area (Å²) >= 11 is 6.02. The van der Waals surface area contributed by atoms with Crippen LogP contribution >= 0.6 is 11.6 Å². The van der Waals surface area contributed by atoms with Gasteiger partial charge in [0.1, 0.15) is 5.82 Å². The third kappa shape index (κ3) is 4.15. The average molecular weight is 316 g/mol. The molecule has 0 saturated carbocycles. The molecule has 1 aromatic carbocycles. The van der Waals surface area contributed by atoms with Crippen molar-refractivity contribution in [2.75, 3.05) is 20.2 Å². The SMILES string of the molecule is COC(=O)[C@H](O)C1CCN(Cc2ccc(F)cc2Cl)CC1. The van der Waals surface area contributed by atoms with E-state index in [9.17, 15) is 14.3 Å². The van der Waals surface area contributed by atoms with Gasteiger partial charge in [-0.05, 0) is 49.5 Å². The maximum absolute atomic E-state index is 13.0. The summed E-state index contributed by atoms with van der Waals surface area (Å²) in [6.45, 7) is 2.15. The summed E-state index contributed by atoms with van der Waals surface area (Å²) in [4.78, 5) is 13.5. The average Bonchev–Trinajstić information content (AvgIpc) is 2.49. The Morgan fingerprint density at radius 2 is 2.19 bits per heavy atom. The molecule has 1 aliphatic rings. The molecule has 116 valence electrons. The van der Waals surface area contributed by atoms with Crippen LogP contribution in [0, 0.1) is 11.7 Å². The molecule has 4 nitrogen and oxygen atoms in total. The van der Waals surface area contributed by atoms with Gasteiger partial charge in [-0.3, -0.25) is 4.90 Å². The topological polar surface area (TPSA) is 49.8 Å². The largest absolute Gasteiger partial charge is 0.467 e. The molecular weight excluding hydrogens is 297 g/mol. The smallest absolute Gasteiger partial charge is 0.334 e. The molecule has 6 heteroatoms. The molecule has 1 fully saturated rings. The van der Waals surface area contributed by atoms with Crippen LogP contribution in [-0.4, -0.2) is 42.3 Å². The van der Waals surface area contributed by atoms with E-state index in [1.54, 1.807) is 6.07 Å². The summed E-state index contributed by atoms with van der Waals surface area (Å²) < 4.78 is 17.6. The molecule has 1 atom stereocenters. The van der Waals surface area contributed by atoms with Gasteiger partial charge < -0.3 is 9.84 Å². The Bertz CT molecular complexity index is 504. The molecule has 1 heterocycles. The van der Waals surface area contributed by atoms with Crippen LogP contribution in [-0.2, 0) is 16.1 Å². The summed E-state index contributed by atoms with van der Waals surface area (Å²) in [5, 5.41) is 10.3. The van der Waals surface area contributed by atoms with E-state index in [4.69, 9.17) is 11.6 Å². The van der Waals surface area contributed by atoms with E-state index in [1.807, 2.05) is 0 Å². The maximum atomic E-state index is 13.0. The second kappa shape index (κ2) is 7.20. The Morgan fingerprint density at radius 1 is 1.52 bits per heavy atom. The minimum atomic E-state index is -1.05. The number of hydrogen-bond acceptors (Lipinski definition) is 4. The van der Waals surface area contributed by atoms with Crippen LogP contribution in [0.3, 0.4) is 0 Å². The Morgan fingerprint density at radius 3 is 2.76 bits per heavy atom. The predicted octanol–water partition coefficient (Wildman–Crippen LogP) is 2.22. The van der Waals surface area contributed by atoms with Gasteiger partial charge in [0, 0.05) is 11.6 Å². The first kappa shape index (κ1) is 16.2. The summed E-state index contributed by atoms with van der Waals surface area (Å²) in [5.41, 5.74) is 0.880. The number of likely N-dealkylation sites (tertiary alicyclic amines) is 1. The number of rotatable bonds is 4. The number of methoxy groups -OCH3 is 1. The number of aliphatic hydroxyl groups is 1. The van der Waals surface area contributed by atoms with Crippen LogP contribution in [0.4, 0.5) is 4.39 Å². The van der Waals surface area contributed by atoms with Crippen molar-refractivity contribution < 1.29 is 19.0 Å². The number of piperidine rings is 1. The number of ether oxygens (including phenoxy) is 1. The first-order chi connectivity index (χ1) is 10.0. The van der Waals surface area contributed by atoms with E-state index < -0.39 is 12.1 Å². The van der Waals surface area contributed by atoms with Crippen molar-refractivity contribution in [3.05, 3.63) is 34.6 Å². The molecular formula is C15H19ClFNO3. The van der Waals surface area contributed by atoms with Gasteiger partial charge in [0.05, 0.1) is 7.11 Å². The lowest BCUT2D eigenvalue weighted by atomic mass is 9.91. The lowest BCUT2D eigenvalue weighted by Gasteiger charge is -2.33. The van der Waals surface area contributed by atoms with E-state index in [-0.39, 0.29) is 11.7 Å². The lowest BCUT2D eigenvalue weighted by Crippen LogP contribution is -2.40. The zero-order valence-corrected chi connectivity index (χ0v) is 12.6. The lowest BCUT2D eigenvalue weighted by molar-refractivity contribution is -0.154. The Kier molecular flexibility index (Phi) is 5.56. The van der Waals surface area contributed by atoms with Crippen molar-refractivity contribution in [2.24, 2.45) is 5.92 Å². The Balaban J connectivity index is 1.88. The first-order valence-electron chi connectivity index (χ1n) is 6.93. The van der Waals surface area contributed by atoms with Crippen molar-refractivity contribution in [1.29, 1.82) is 0 Å². The molecule has 0 unspecified atom stereocenters. The minimum Gasteiger partial charge on any atom is -0.467 e. The van der Waals surface area contributed by atoms with E-state index in [2.05, 4.69) is 9.64 Å². The number of halogens is 2. The Hall–Kier alpha value is -1.17. The molecule has 1 N–H and O–H groups in total. The van der Waals surface area contributed by atoms with Crippen molar-refractivity contribution >= 4 is 17.6 Å². The third-order valence-electron chi connectivity index (χ3n) is 3.93. The van der Waals surface area contributed by atoms with Crippen molar-refractivity contribution in [2.45, 2.75) is 25.5 Å². The van der Waals surface area contributed by atoms with Gasteiger partial charge in [0.2, 0.25) is 0 Å². The summed E-state index contributed by atoms with van der Waals surface area (Å²) in [6, 6.07) is 4.40. The number of aliphatic hydroxyl groups excluding tert-OH is 1. The summed E-state index contributed by atoms with van der Waals surface area (Å²) in [6.07, 6.45) is 0.385. The molecule has 1 aromatic rings. The molecule has 21 heavy (non-hydrogen) atoms. The van der Waals surface area contributed by atoms with Gasteiger partial charge in [-0.15, -0.1) is 0 Å². The van der Waals surface area contributed by atoms with Crippen LogP contribution < -0.4 is 0 Å². The van der Waals surface area contributed by atoms with E-state index in [1.165, 1.54) is 19.2 Å². The molecule has 0 bridgehead atoms. The quantitative estimate of drug-likeness (QED) is 0.866. The zero-order valence-electron chi connectivity index (χ0n) is 11.9. The molecule has 0 radical (unpaired) electrons. The molecule has 0 spiro atoms. The van der Waals surface area contributed by atoms with Gasteiger partial charge in [0.25, 0.3) is 0 Å². The highest BCUT2D eigenvalue weighted by Gasteiger charge is 2.30. The third-order valence-corrected chi connectivity index (χ3v) is 4.28. The zero-order chi connectivity index (χ0) is 15.4. The number of esters is 1. The first-order valence-corrected chi connectivity index (χ1v) is 7.31. The van der Waals surface area contributed by atoms with Crippen LogP contribution in [0.5, 0.6) is 0 Å². The molecule has 1 saturated heterocycles. The second-order valence-electron chi connectivity index (χ2n) is 5.32. The van der Waals surface area contributed by atoms with E-state index in [0.29, 0.717) is 11.6 Å². The standard InChI is InChI=1S/C15H19ClFNO3/c1-21-15(20)14(19)10-4-6-18(7-5-10)9-11-2-3-12(17)8-13(11)16/h2-3,8,10,14,19H,4-7,9H2,1H3/t14-/m1/s1. The van der Waals surface area contributed by atoms with Crippen molar-refractivity contribution in [1.82, 2.24) is 4.90 Å². The molecule has 0 aromatic heterocycles. The van der Waals surface area contributed by atoms with Gasteiger partial charge in [-0.25, -0.2) is 9.18 Å². The fourth-order valence-electron chi connectivity index (χ4n) is 2.63. The van der Waals surface area contributed by atoms with Gasteiger partial charge in [-0.1, -0.05) is 17.7 Å². The van der Waals surface area contributed by atoms with Crippen molar-refractivity contribution in [3.63, 3.8) is 0 Å². The summed E-state index contributed by atoms with van der Waals surface area (Å²) in [7, 11) is 1.28. The van der Waals surface area contributed by atoms with E-state index in [0.717, 1.165) is 31.5 Å². The van der Waals surface area contributed by atoms with E-state index >= 15 is 0 Å². The van der Waals surface area contributed by atoms with Gasteiger partial charge >= 0.3 is 5.97 Å².